The molecule has 0 radical (unpaired) electrons. The van der Waals surface area contributed by atoms with E-state index in [1.807, 2.05) is 44.2 Å². The summed E-state index contributed by atoms with van der Waals surface area (Å²) in [4.78, 5) is 31.9. The fourth-order valence-electron chi connectivity index (χ4n) is 4.99. The Bertz CT molecular complexity index is 1420. The Kier molecular flexibility index (Phi) is 6.18. The molecule has 3 heterocycles. The maximum atomic E-state index is 14.5. The molecule has 9 heteroatoms. The van der Waals surface area contributed by atoms with Gasteiger partial charge in [0.2, 0.25) is 0 Å². The third kappa shape index (κ3) is 3.73. The fourth-order valence-corrected chi connectivity index (χ4v) is 9.36. The van der Waals surface area contributed by atoms with Gasteiger partial charge in [-0.2, -0.15) is 0 Å². The molecule has 1 aromatic heterocycles. The van der Waals surface area contributed by atoms with E-state index in [4.69, 9.17) is 12.2 Å². The molecule has 184 valence electrons. The summed E-state index contributed by atoms with van der Waals surface area (Å²) in [5.74, 6) is -1.04. The molecule has 0 N–H and O–H groups in total. The smallest absolute Gasteiger partial charge is 0.265 e. The summed E-state index contributed by atoms with van der Waals surface area (Å²) in [6.07, 6.45) is 1.65. The third-order valence-electron chi connectivity index (χ3n) is 6.86. The standard InChI is InChI=1S/C27H26FN3O2S2Si/c1-5-29-25(32)19(26(33)30(6-2)27(29)34)16-18-12-14-24(35-18)31-20-9-7-8-10-22(20)36(3,4)23-13-11-17(28)15-21(23)31/h7-16H,5-6H2,1-4H3. The summed E-state index contributed by atoms with van der Waals surface area (Å²) >= 11 is 6.82. The molecule has 1 fully saturated rings. The van der Waals surface area contributed by atoms with Crippen molar-refractivity contribution >= 4 is 81.4 Å². The minimum atomic E-state index is -2.03. The quantitative estimate of drug-likeness (QED) is 0.207. The van der Waals surface area contributed by atoms with Crippen LogP contribution in [0.25, 0.3) is 6.08 Å². The number of nitrogens with zero attached hydrogens (tertiary/aromatic N) is 3. The lowest BCUT2D eigenvalue weighted by Gasteiger charge is -2.40. The van der Waals surface area contributed by atoms with Gasteiger partial charge in [-0.1, -0.05) is 37.4 Å². The maximum absolute atomic E-state index is 14.5. The molecule has 36 heavy (non-hydrogen) atoms. The predicted octanol–water partition coefficient (Wildman–Crippen LogP) is 4.87. The van der Waals surface area contributed by atoms with Crippen LogP contribution >= 0.6 is 23.6 Å². The van der Waals surface area contributed by atoms with E-state index in [2.05, 4.69) is 30.1 Å². The molecule has 5 nitrogen and oxygen atoms in total. The van der Waals surface area contributed by atoms with Crippen molar-refractivity contribution in [2.45, 2.75) is 26.9 Å². The molecule has 2 aliphatic rings. The zero-order chi connectivity index (χ0) is 25.8. The van der Waals surface area contributed by atoms with E-state index in [-0.39, 0.29) is 28.3 Å². The summed E-state index contributed by atoms with van der Waals surface area (Å²) in [5.41, 5.74) is 1.98. The van der Waals surface area contributed by atoms with Crippen LogP contribution in [0.1, 0.15) is 18.7 Å². The minimum Gasteiger partial charge on any atom is -0.302 e. The number of carbonyl (C=O) groups is 2. The third-order valence-corrected chi connectivity index (χ3v) is 11.9. The van der Waals surface area contributed by atoms with Gasteiger partial charge in [-0.3, -0.25) is 19.4 Å². The van der Waals surface area contributed by atoms with Crippen molar-refractivity contribution in [3.63, 3.8) is 0 Å². The SMILES string of the molecule is CCN1C(=O)C(=Cc2ccc(N3c4ccccc4[Si](C)(C)c4ccc(F)cc43)s2)C(=O)N(CC)C1=S. The first-order chi connectivity index (χ1) is 17.2. The number of hydrogen-bond donors (Lipinski definition) is 0. The highest BCUT2D eigenvalue weighted by Crippen LogP contribution is 2.42. The second-order valence-corrected chi connectivity index (χ2v) is 15.0. The first kappa shape index (κ1) is 24.5. The van der Waals surface area contributed by atoms with Gasteiger partial charge in [-0.25, -0.2) is 4.39 Å². The Morgan fingerprint density at radius 2 is 1.56 bits per heavy atom. The number of anilines is 3. The number of carbonyl (C=O) groups excluding carboxylic acids is 2. The molecule has 0 spiro atoms. The van der Waals surface area contributed by atoms with Gasteiger partial charge in [-0.15, -0.1) is 11.3 Å². The number of thiophene rings is 1. The maximum Gasteiger partial charge on any atom is 0.265 e. The number of likely N-dealkylation sites (N-methyl/N-ethyl adjacent to an activating group) is 2. The summed E-state index contributed by atoms with van der Waals surface area (Å²) in [7, 11) is -2.03. The number of para-hydroxylation sites is 1. The van der Waals surface area contributed by atoms with E-state index in [0.29, 0.717) is 13.1 Å². The minimum absolute atomic E-state index is 0.0970. The lowest BCUT2D eigenvalue weighted by molar-refractivity contribution is -0.133. The summed E-state index contributed by atoms with van der Waals surface area (Å²) in [5, 5.41) is 3.57. The van der Waals surface area contributed by atoms with Gasteiger partial charge in [-0.05, 0) is 72.8 Å². The molecule has 2 aliphatic heterocycles. The number of amides is 2. The average molecular weight is 536 g/mol. The zero-order valence-electron chi connectivity index (χ0n) is 20.5. The van der Waals surface area contributed by atoms with Gasteiger partial charge >= 0.3 is 0 Å². The monoisotopic (exact) mass is 535 g/mol. The summed E-state index contributed by atoms with van der Waals surface area (Å²) < 4.78 is 14.5. The van der Waals surface area contributed by atoms with E-state index in [1.54, 1.807) is 12.1 Å². The average Bonchev–Trinajstić information content (AvgIpc) is 3.30. The number of rotatable bonds is 4. The Balaban J connectivity index is 1.61. The molecular weight excluding hydrogens is 510 g/mol. The highest BCUT2D eigenvalue weighted by Gasteiger charge is 2.40. The number of benzene rings is 2. The van der Waals surface area contributed by atoms with Gasteiger partial charge < -0.3 is 4.90 Å². The molecule has 1 saturated heterocycles. The van der Waals surface area contributed by atoms with Crippen LogP contribution in [0, 0.1) is 5.82 Å². The van der Waals surface area contributed by atoms with Crippen LogP contribution in [0.5, 0.6) is 0 Å². The van der Waals surface area contributed by atoms with Crippen LogP contribution in [-0.2, 0) is 9.59 Å². The van der Waals surface area contributed by atoms with Crippen molar-refractivity contribution in [3.8, 4) is 0 Å². The van der Waals surface area contributed by atoms with Gasteiger partial charge in [0.25, 0.3) is 11.8 Å². The van der Waals surface area contributed by atoms with E-state index in [1.165, 1.54) is 37.6 Å². The number of thiocarbonyl (C=S) groups is 1. The van der Waals surface area contributed by atoms with Crippen molar-refractivity contribution in [3.05, 3.63) is 70.9 Å². The fraction of sp³-hybridized carbons (Fsp3) is 0.222. The number of hydrogen-bond acceptors (Lipinski definition) is 5. The lowest BCUT2D eigenvalue weighted by atomic mass is 10.1. The van der Waals surface area contributed by atoms with Crippen molar-refractivity contribution in [2.24, 2.45) is 0 Å². The van der Waals surface area contributed by atoms with Crippen LogP contribution in [0.2, 0.25) is 13.1 Å². The second kappa shape index (κ2) is 9.06. The molecule has 0 aliphatic carbocycles. The van der Waals surface area contributed by atoms with Crippen LogP contribution in [0.4, 0.5) is 20.8 Å². The number of halogens is 1. The predicted molar refractivity (Wildman–Crippen MR) is 151 cm³/mol. The van der Waals surface area contributed by atoms with Crippen molar-refractivity contribution in [1.29, 1.82) is 0 Å². The van der Waals surface area contributed by atoms with Gasteiger partial charge in [0.05, 0.1) is 0 Å². The number of fused-ring (bicyclic) bond motifs is 2. The van der Waals surface area contributed by atoms with Crippen LogP contribution in [0.15, 0.2) is 60.2 Å². The second-order valence-electron chi connectivity index (χ2n) is 9.25. The van der Waals surface area contributed by atoms with Crippen LogP contribution in [-0.4, -0.2) is 47.9 Å². The molecular formula is C27H26FN3O2S2Si. The molecule has 2 aromatic carbocycles. The molecule has 3 aromatic rings. The first-order valence-corrected chi connectivity index (χ1v) is 16.1. The van der Waals surface area contributed by atoms with E-state index >= 15 is 0 Å². The molecule has 0 bridgehead atoms. The summed E-state index contributed by atoms with van der Waals surface area (Å²) in [6, 6.07) is 17.2. The van der Waals surface area contributed by atoms with Gasteiger partial charge in [0.15, 0.2) is 5.11 Å². The van der Waals surface area contributed by atoms with Crippen molar-refractivity contribution in [1.82, 2.24) is 9.80 Å². The van der Waals surface area contributed by atoms with Gasteiger partial charge in [0, 0.05) is 29.3 Å². The molecule has 0 unspecified atom stereocenters. The van der Waals surface area contributed by atoms with E-state index in [0.717, 1.165) is 21.3 Å². The van der Waals surface area contributed by atoms with Crippen molar-refractivity contribution in [2.75, 3.05) is 18.0 Å². The highest BCUT2D eigenvalue weighted by molar-refractivity contribution is 7.80. The summed E-state index contributed by atoms with van der Waals surface area (Å²) in [6.45, 7) is 9.03. The lowest BCUT2D eigenvalue weighted by Crippen LogP contribution is -2.58. The topological polar surface area (TPSA) is 43.9 Å². The first-order valence-electron chi connectivity index (χ1n) is 11.9. The largest absolute Gasteiger partial charge is 0.302 e. The van der Waals surface area contributed by atoms with E-state index < -0.39 is 8.07 Å². The highest BCUT2D eigenvalue weighted by atomic mass is 32.1. The molecule has 5 rings (SSSR count). The Morgan fingerprint density at radius 1 is 0.917 bits per heavy atom. The Hall–Kier alpha value is -3.14. The molecule has 2 amide bonds. The molecule has 0 saturated carbocycles. The molecule has 0 atom stereocenters. The zero-order valence-corrected chi connectivity index (χ0v) is 23.2. The Labute approximate surface area is 220 Å². The Morgan fingerprint density at radius 3 is 2.22 bits per heavy atom. The van der Waals surface area contributed by atoms with E-state index in [9.17, 15) is 14.0 Å². The van der Waals surface area contributed by atoms with Crippen molar-refractivity contribution < 1.29 is 14.0 Å². The normalized spacial score (nSPS) is 16.9. The van der Waals surface area contributed by atoms with Crippen LogP contribution < -0.4 is 15.3 Å². The van der Waals surface area contributed by atoms with Gasteiger partial charge in [0.1, 0.15) is 24.5 Å². The van der Waals surface area contributed by atoms with Crippen LogP contribution in [0.3, 0.4) is 0 Å².